The maximum absolute atomic E-state index is 2.88. The molecule has 1 saturated carbocycles. The van der Waals surface area contributed by atoms with Crippen LogP contribution in [0.25, 0.3) is 0 Å². The van der Waals surface area contributed by atoms with Crippen LogP contribution in [0.3, 0.4) is 0 Å². The lowest BCUT2D eigenvalue weighted by Crippen LogP contribution is -2.33. The largest absolute Gasteiger partial charge is 0.306 e. The first-order chi connectivity index (χ1) is 9.21. The van der Waals surface area contributed by atoms with Crippen molar-refractivity contribution < 1.29 is 0 Å². The zero-order chi connectivity index (χ0) is 13.4. The lowest BCUT2D eigenvalue weighted by molar-refractivity contribution is 0.213. The van der Waals surface area contributed by atoms with Crippen molar-refractivity contribution in [2.75, 3.05) is 33.2 Å². The molecular formula is C17H32N2. The number of fused-ring (bicyclic) bond motifs is 1. The second kappa shape index (κ2) is 5.73. The highest BCUT2D eigenvalue weighted by Gasteiger charge is 2.44. The van der Waals surface area contributed by atoms with E-state index in [4.69, 9.17) is 0 Å². The third-order valence-corrected chi connectivity index (χ3v) is 6.21. The van der Waals surface area contributed by atoms with Crippen LogP contribution in [0.2, 0.25) is 0 Å². The summed E-state index contributed by atoms with van der Waals surface area (Å²) < 4.78 is 0. The first kappa shape index (κ1) is 13.9. The summed E-state index contributed by atoms with van der Waals surface area (Å²) in [6.45, 7) is 10.3. The van der Waals surface area contributed by atoms with Crippen molar-refractivity contribution >= 4 is 0 Å². The van der Waals surface area contributed by atoms with Crippen LogP contribution in [0.4, 0.5) is 0 Å². The minimum Gasteiger partial charge on any atom is -0.306 e. The van der Waals surface area contributed by atoms with E-state index in [1.54, 1.807) is 0 Å². The lowest BCUT2D eigenvalue weighted by atomic mass is 9.90. The van der Waals surface area contributed by atoms with E-state index in [2.05, 4.69) is 30.7 Å². The smallest absolute Gasteiger partial charge is 0.0102 e. The van der Waals surface area contributed by atoms with Gasteiger partial charge >= 0.3 is 0 Å². The summed E-state index contributed by atoms with van der Waals surface area (Å²) in [7, 11) is 2.30. The summed E-state index contributed by atoms with van der Waals surface area (Å²) in [4.78, 5) is 5.43. The van der Waals surface area contributed by atoms with Crippen LogP contribution in [0.15, 0.2) is 0 Å². The standard InChI is InChI=1S/C17H32N2/c1-4-6-14-12-19(11-13(14)5-2)17-7-15-9-18(3)10-16(15)8-17/h13-17H,4-12H2,1-3H3. The summed E-state index contributed by atoms with van der Waals surface area (Å²) in [5.41, 5.74) is 0. The van der Waals surface area contributed by atoms with E-state index in [1.165, 1.54) is 58.3 Å². The van der Waals surface area contributed by atoms with Crippen LogP contribution in [-0.4, -0.2) is 49.1 Å². The van der Waals surface area contributed by atoms with Gasteiger partial charge in [0.15, 0.2) is 0 Å². The molecule has 110 valence electrons. The average Bonchev–Trinajstić information content (AvgIpc) is 3.01. The van der Waals surface area contributed by atoms with Crippen LogP contribution >= 0.6 is 0 Å². The summed E-state index contributed by atoms with van der Waals surface area (Å²) in [6.07, 6.45) is 7.20. The molecule has 0 bridgehead atoms. The van der Waals surface area contributed by atoms with Crippen LogP contribution in [0, 0.1) is 23.7 Å². The summed E-state index contributed by atoms with van der Waals surface area (Å²) in [5, 5.41) is 0. The second-order valence-corrected chi connectivity index (χ2v) is 7.54. The number of rotatable bonds is 4. The topological polar surface area (TPSA) is 6.48 Å². The zero-order valence-electron chi connectivity index (χ0n) is 13.1. The molecule has 3 rings (SSSR count). The molecule has 2 heterocycles. The molecule has 0 spiro atoms. The molecule has 3 fully saturated rings. The zero-order valence-corrected chi connectivity index (χ0v) is 13.1. The van der Waals surface area contributed by atoms with E-state index in [9.17, 15) is 0 Å². The predicted molar refractivity (Wildman–Crippen MR) is 81.3 cm³/mol. The van der Waals surface area contributed by atoms with Gasteiger partial charge in [-0.2, -0.15) is 0 Å². The molecule has 19 heavy (non-hydrogen) atoms. The summed E-state index contributed by atoms with van der Waals surface area (Å²) in [5.74, 6) is 4.02. The normalized spacial score (nSPS) is 44.1. The van der Waals surface area contributed by atoms with E-state index in [1.807, 2.05) is 0 Å². The quantitative estimate of drug-likeness (QED) is 0.770. The second-order valence-electron chi connectivity index (χ2n) is 7.54. The van der Waals surface area contributed by atoms with Crippen molar-refractivity contribution in [1.29, 1.82) is 0 Å². The monoisotopic (exact) mass is 264 g/mol. The minimum absolute atomic E-state index is 0.930. The van der Waals surface area contributed by atoms with Crippen LogP contribution in [-0.2, 0) is 0 Å². The molecule has 3 aliphatic rings. The summed E-state index contributed by atoms with van der Waals surface area (Å²) in [6, 6.07) is 0.930. The number of hydrogen-bond acceptors (Lipinski definition) is 2. The van der Waals surface area contributed by atoms with Gasteiger partial charge < -0.3 is 4.90 Å². The van der Waals surface area contributed by atoms with Crippen molar-refractivity contribution in [1.82, 2.24) is 9.80 Å². The first-order valence-corrected chi connectivity index (χ1v) is 8.63. The van der Waals surface area contributed by atoms with Gasteiger partial charge in [-0.25, -0.2) is 0 Å². The summed E-state index contributed by atoms with van der Waals surface area (Å²) >= 11 is 0. The Morgan fingerprint density at radius 1 is 0.895 bits per heavy atom. The van der Waals surface area contributed by atoms with Gasteiger partial charge in [0.25, 0.3) is 0 Å². The van der Waals surface area contributed by atoms with Gasteiger partial charge in [-0.3, -0.25) is 4.90 Å². The van der Waals surface area contributed by atoms with Gasteiger partial charge in [0, 0.05) is 32.2 Å². The molecule has 0 N–H and O–H groups in total. The Balaban J connectivity index is 1.57. The van der Waals surface area contributed by atoms with Crippen molar-refractivity contribution in [3.05, 3.63) is 0 Å². The van der Waals surface area contributed by atoms with Gasteiger partial charge in [-0.15, -0.1) is 0 Å². The van der Waals surface area contributed by atoms with Crippen LogP contribution < -0.4 is 0 Å². The molecule has 4 atom stereocenters. The van der Waals surface area contributed by atoms with Gasteiger partial charge in [0.1, 0.15) is 0 Å². The molecule has 2 heteroatoms. The molecule has 4 unspecified atom stereocenters. The molecule has 1 aliphatic carbocycles. The molecular weight excluding hydrogens is 232 g/mol. The van der Waals surface area contributed by atoms with E-state index in [-0.39, 0.29) is 0 Å². The van der Waals surface area contributed by atoms with Gasteiger partial charge in [0.2, 0.25) is 0 Å². The molecule has 0 aromatic carbocycles. The van der Waals surface area contributed by atoms with Crippen LogP contribution in [0.5, 0.6) is 0 Å². The molecule has 0 amide bonds. The fourth-order valence-corrected chi connectivity index (χ4v) is 5.23. The van der Waals surface area contributed by atoms with E-state index < -0.39 is 0 Å². The van der Waals surface area contributed by atoms with Crippen molar-refractivity contribution in [2.45, 2.75) is 52.0 Å². The Hall–Kier alpha value is -0.0800. The Kier molecular flexibility index (Phi) is 4.19. The highest BCUT2D eigenvalue weighted by Crippen LogP contribution is 2.42. The molecule has 0 radical (unpaired) electrons. The third kappa shape index (κ3) is 2.71. The number of likely N-dealkylation sites (tertiary alicyclic amines) is 2. The predicted octanol–water partition coefficient (Wildman–Crippen LogP) is 3.08. The number of nitrogens with zero attached hydrogens (tertiary/aromatic N) is 2. The van der Waals surface area contributed by atoms with Crippen LogP contribution in [0.1, 0.15) is 46.0 Å². The fraction of sp³-hybridized carbons (Fsp3) is 1.00. The first-order valence-electron chi connectivity index (χ1n) is 8.63. The van der Waals surface area contributed by atoms with Gasteiger partial charge in [-0.1, -0.05) is 26.7 Å². The maximum Gasteiger partial charge on any atom is 0.0102 e. The molecule has 2 saturated heterocycles. The van der Waals surface area contributed by atoms with Gasteiger partial charge in [0.05, 0.1) is 0 Å². The Bertz CT molecular complexity index is 290. The molecule has 0 aromatic rings. The third-order valence-electron chi connectivity index (χ3n) is 6.21. The molecule has 2 aliphatic heterocycles. The van der Waals surface area contributed by atoms with Crippen molar-refractivity contribution in [3.8, 4) is 0 Å². The maximum atomic E-state index is 2.88. The molecule has 0 aromatic heterocycles. The van der Waals surface area contributed by atoms with E-state index in [0.717, 1.165) is 29.7 Å². The van der Waals surface area contributed by atoms with Crippen molar-refractivity contribution in [3.63, 3.8) is 0 Å². The minimum atomic E-state index is 0.930. The van der Waals surface area contributed by atoms with Gasteiger partial charge in [-0.05, 0) is 50.0 Å². The van der Waals surface area contributed by atoms with E-state index >= 15 is 0 Å². The Morgan fingerprint density at radius 3 is 2.11 bits per heavy atom. The van der Waals surface area contributed by atoms with E-state index in [0.29, 0.717) is 0 Å². The lowest BCUT2D eigenvalue weighted by Gasteiger charge is -2.25. The average molecular weight is 264 g/mol. The highest BCUT2D eigenvalue weighted by atomic mass is 15.2. The Labute approximate surface area is 119 Å². The Morgan fingerprint density at radius 2 is 1.53 bits per heavy atom. The van der Waals surface area contributed by atoms with Crippen molar-refractivity contribution in [2.24, 2.45) is 23.7 Å². The highest BCUT2D eigenvalue weighted by molar-refractivity contribution is 4.97. The number of hydrogen-bond donors (Lipinski definition) is 0. The SMILES string of the molecule is CCCC1CN(C2CC3CN(C)CC3C2)CC1CC. The molecule has 2 nitrogen and oxygen atoms in total. The fourth-order valence-electron chi connectivity index (χ4n) is 5.23.